The van der Waals surface area contributed by atoms with E-state index in [0.29, 0.717) is 4.88 Å². The van der Waals surface area contributed by atoms with Gasteiger partial charge in [0.1, 0.15) is 5.57 Å². The molecule has 3 aromatic rings. The van der Waals surface area contributed by atoms with Crippen LogP contribution in [0.5, 0.6) is 0 Å². The minimum Gasteiger partial charge on any atom is -0.462 e. The molecule has 0 radical (unpaired) electrons. The fraction of sp³-hybridized carbons (Fsp3) is 0.100. The normalized spacial score (nSPS) is 11.5. The summed E-state index contributed by atoms with van der Waals surface area (Å²) in [5.41, 5.74) is 0.838. The van der Waals surface area contributed by atoms with Gasteiger partial charge in [-0.05, 0) is 36.1 Å². The Bertz CT molecular complexity index is 874. The second-order valence-corrected chi connectivity index (χ2v) is 6.25. The molecule has 0 aliphatic carbocycles. The second kappa shape index (κ2) is 7.23. The van der Waals surface area contributed by atoms with E-state index in [1.54, 1.807) is 13.0 Å². The molecule has 0 aliphatic rings. The van der Waals surface area contributed by atoms with Gasteiger partial charge in [0, 0.05) is 4.70 Å². The molecule has 2 aromatic carbocycles. The number of thiophene rings is 1. The van der Waals surface area contributed by atoms with Crippen molar-refractivity contribution >= 4 is 39.3 Å². The van der Waals surface area contributed by atoms with E-state index in [4.69, 9.17) is 4.74 Å². The third kappa shape index (κ3) is 3.44. The van der Waals surface area contributed by atoms with Crippen molar-refractivity contribution < 1.29 is 14.3 Å². The zero-order chi connectivity index (χ0) is 16.9. The van der Waals surface area contributed by atoms with Crippen molar-refractivity contribution in [3.8, 4) is 0 Å². The van der Waals surface area contributed by atoms with Crippen molar-refractivity contribution in [3.05, 3.63) is 76.7 Å². The summed E-state index contributed by atoms with van der Waals surface area (Å²) in [6.45, 7) is 1.95. The van der Waals surface area contributed by atoms with E-state index in [1.807, 2.05) is 60.7 Å². The van der Waals surface area contributed by atoms with E-state index >= 15 is 0 Å². The fourth-order valence-corrected chi connectivity index (χ4v) is 3.39. The topological polar surface area (TPSA) is 43.4 Å². The molecule has 0 N–H and O–H groups in total. The van der Waals surface area contributed by atoms with Crippen LogP contribution < -0.4 is 0 Å². The Hall–Kier alpha value is -2.72. The van der Waals surface area contributed by atoms with Gasteiger partial charge in [0.15, 0.2) is 0 Å². The third-order valence-corrected chi connectivity index (χ3v) is 4.61. The molecule has 0 atom stereocenters. The van der Waals surface area contributed by atoms with Crippen molar-refractivity contribution in [2.75, 3.05) is 6.61 Å². The number of benzene rings is 2. The van der Waals surface area contributed by atoms with E-state index in [1.165, 1.54) is 11.3 Å². The minimum absolute atomic E-state index is 0.0506. The summed E-state index contributed by atoms with van der Waals surface area (Å²) in [5, 5.41) is 0.994. The lowest BCUT2D eigenvalue weighted by Gasteiger charge is -2.05. The second-order valence-electron chi connectivity index (χ2n) is 5.17. The molecule has 0 fully saturated rings. The van der Waals surface area contributed by atoms with E-state index in [0.717, 1.165) is 15.6 Å². The zero-order valence-corrected chi connectivity index (χ0v) is 14.0. The van der Waals surface area contributed by atoms with Crippen LogP contribution in [-0.2, 0) is 9.53 Å². The molecule has 0 saturated heterocycles. The molecule has 4 heteroatoms. The van der Waals surface area contributed by atoms with Crippen LogP contribution in [0, 0.1) is 0 Å². The lowest BCUT2D eigenvalue weighted by Crippen LogP contribution is -2.15. The maximum Gasteiger partial charge on any atom is 0.342 e. The lowest BCUT2D eigenvalue weighted by atomic mass is 10.1. The standard InChI is InChI=1S/C20H16O3S/c1-2-23-20(22)16(12-14-8-4-3-5-9-14)19(21)18-13-15-10-6-7-11-17(15)24-18/h3-13H,2H2,1H3/b16-12-. The Morgan fingerprint density at radius 3 is 2.46 bits per heavy atom. The summed E-state index contributed by atoms with van der Waals surface area (Å²) in [6, 6.07) is 18.9. The van der Waals surface area contributed by atoms with Crippen LogP contribution in [0.25, 0.3) is 16.2 Å². The molecular weight excluding hydrogens is 320 g/mol. The van der Waals surface area contributed by atoms with Crippen molar-refractivity contribution in [2.45, 2.75) is 6.92 Å². The number of ketones is 1. The molecule has 0 spiro atoms. The number of Topliss-reactive ketones (excluding diaryl/α,β-unsaturated/α-hetero) is 1. The quantitative estimate of drug-likeness (QED) is 0.222. The largest absolute Gasteiger partial charge is 0.462 e. The highest BCUT2D eigenvalue weighted by atomic mass is 32.1. The van der Waals surface area contributed by atoms with Crippen molar-refractivity contribution in [3.63, 3.8) is 0 Å². The van der Waals surface area contributed by atoms with Crippen molar-refractivity contribution in [1.82, 2.24) is 0 Å². The smallest absolute Gasteiger partial charge is 0.342 e. The van der Waals surface area contributed by atoms with E-state index in [2.05, 4.69) is 0 Å². The molecule has 3 rings (SSSR count). The molecule has 3 nitrogen and oxygen atoms in total. The van der Waals surface area contributed by atoms with Crippen LogP contribution >= 0.6 is 11.3 Å². The Balaban J connectivity index is 2.02. The highest BCUT2D eigenvalue weighted by molar-refractivity contribution is 7.21. The van der Waals surface area contributed by atoms with Crippen LogP contribution in [0.4, 0.5) is 0 Å². The van der Waals surface area contributed by atoms with Gasteiger partial charge in [0.25, 0.3) is 0 Å². The maximum absolute atomic E-state index is 12.9. The molecule has 0 amide bonds. The van der Waals surface area contributed by atoms with Crippen molar-refractivity contribution in [2.24, 2.45) is 0 Å². The first kappa shape index (κ1) is 16.1. The van der Waals surface area contributed by atoms with Crippen LogP contribution in [0.3, 0.4) is 0 Å². The highest BCUT2D eigenvalue weighted by Gasteiger charge is 2.23. The molecule has 0 saturated carbocycles. The molecule has 0 aliphatic heterocycles. The first-order valence-corrected chi connectivity index (χ1v) is 8.48. The number of rotatable bonds is 5. The Morgan fingerprint density at radius 1 is 1.04 bits per heavy atom. The number of hydrogen-bond donors (Lipinski definition) is 0. The number of carbonyl (C=O) groups is 2. The van der Waals surface area contributed by atoms with Gasteiger partial charge in [0.05, 0.1) is 11.5 Å². The van der Waals surface area contributed by atoms with E-state index in [9.17, 15) is 9.59 Å². The van der Waals surface area contributed by atoms with Gasteiger partial charge >= 0.3 is 5.97 Å². The summed E-state index contributed by atoms with van der Waals surface area (Å²) in [7, 11) is 0. The molecule has 1 aromatic heterocycles. The summed E-state index contributed by atoms with van der Waals surface area (Å²) < 4.78 is 6.09. The van der Waals surface area contributed by atoms with Gasteiger partial charge in [-0.3, -0.25) is 4.79 Å². The lowest BCUT2D eigenvalue weighted by molar-refractivity contribution is -0.137. The SMILES string of the molecule is CCOC(=O)/C(=C\c1ccccc1)C(=O)c1cc2ccccc2s1. The van der Waals surface area contributed by atoms with Gasteiger partial charge in [-0.2, -0.15) is 0 Å². The summed E-state index contributed by atoms with van der Waals surface area (Å²) in [4.78, 5) is 25.7. The monoisotopic (exact) mass is 336 g/mol. The first-order chi connectivity index (χ1) is 11.7. The average Bonchev–Trinajstić information content (AvgIpc) is 3.04. The maximum atomic E-state index is 12.9. The molecule has 0 bridgehead atoms. The van der Waals surface area contributed by atoms with Crippen LogP contribution in [-0.4, -0.2) is 18.4 Å². The molecule has 0 unspecified atom stereocenters. The predicted molar refractivity (Wildman–Crippen MR) is 97.2 cm³/mol. The van der Waals surface area contributed by atoms with Crippen molar-refractivity contribution in [1.29, 1.82) is 0 Å². The van der Waals surface area contributed by atoms with Crippen LogP contribution in [0.2, 0.25) is 0 Å². The van der Waals surface area contributed by atoms with Crippen LogP contribution in [0.15, 0.2) is 66.2 Å². The average molecular weight is 336 g/mol. The summed E-state index contributed by atoms with van der Waals surface area (Å²) in [6.07, 6.45) is 1.59. The molecule has 24 heavy (non-hydrogen) atoms. The Kier molecular flexibility index (Phi) is 4.87. The number of ether oxygens (including phenoxy) is 1. The fourth-order valence-electron chi connectivity index (χ4n) is 2.37. The number of carbonyl (C=O) groups excluding carboxylic acids is 2. The summed E-state index contributed by atoms with van der Waals surface area (Å²) in [5.74, 6) is -0.901. The number of esters is 1. The molecule has 1 heterocycles. The first-order valence-electron chi connectivity index (χ1n) is 7.66. The predicted octanol–water partition coefficient (Wildman–Crippen LogP) is 4.73. The number of hydrogen-bond acceptors (Lipinski definition) is 4. The third-order valence-electron chi connectivity index (χ3n) is 3.50. The highest BCUT2D eigenvalue weighted by Crippen LogP contribution is 2.28. The molecular formula is C20H16O3S. The van der Waals surface area contributed by atoms with Gasteiger partial charge in [-0.15, -0.1) is 11.3 Å². The Morgan fingerprint density at radius 2 is 1.75 bits per heavy atom. The van der Waals surface area contributed by atoms with Gasteiger partial charge in [-0.25, -0.2) is 4.79 Å². The van der Waals surface area contributed by atoms with Crippen LogP contribution in [0.1, 0.15) is 22.2 Å². The number of fused-ring (bicyclic) bond motifs is 1. The van der Waals surface area contributed by atoms with Gasteiger partial charge in [0.2, 0.25) is 5.78 Å². The summed E-state index contributed by atoms with van der Waals surface area (Å²) >= 11 is 1.38. The van der Waals surface area contributed by atoms with Gasteiger partial charge in [-0.1, -0.05) is 48.5 Å². The minimum atomic E-state index is -0.594. The zero-order valence-electron chi connectivity index (χ0n) is 13.2. The van der Waals surface area contributed by atoms with Gasteiger partial charge < -0.3 is 4.74 Å². The Labute approximate surface area is 144 Å². The molecule has 120 valence electrons. The van der Waals surface area contributed by atoms with E-state index < -0.39 is 5.97 Å². The van der Waals surface area contributed by atoms with E-state index in [-0.39, 0.29) is 18.0 Å².